The molecule has 2 saturated carbocycles. The maximum Gasteiger partial charge on any atom is 0.514 e. The minimum absolute atomic E-state index is 0.101. The lowest BCUT2D eigenvalue weighted by Crippen LogP contribution is -2.22. The van der Waals surface area contributed by atoms with Crippen LogP contribution in [0.2, 0.25) is 0 Å². The largest absolute Gasteiger partial charge is 0.514 e. The minimum Gasteiger partial charge on any atom is -0.427 e. The molecule has 13 heteroatoms. The molecule has 0 radical (unpaired) electrons. The maximum atomic E-state index is 12.4. The topological polar surface area (TPSA) is 158 Å². The van der Waals surface area contributed by atoms with Gasteiger partial charge in [-0.2, -0.15) is 0 Å². The Bertz CT molecular complexity index is 1360. The number of aryl methyl sites for hydroxylation is 1. The number of nitro benzene ring substituents is 1. The van der Waals surface area contributed by atoms with Crippen molar-refractivity contribution in [2.75, 3.05) is 0 Å². The van der Waals surface area contributed by atoms with E-state index in [4.69, 9.17) is 24.2 Å². The zero-order valence-corrected chi connectivity index (χ0v) is 21.3. The number of nitro groups is 1. The highest BCUT2D eigenvalue weighted by atomic mass is 17.2. The molecule has 3 aromatic rings. The average molecular weight is 538 g/mol. The van der Waals surface area contributed by atoms with E-state index in [-0.39, 0.29) is 35.8 Å². The van der Waals surface area contributed by atoms with Crippen LogP contribution in [0.15, 0.2) is 36.4 Å². The summed E-state index contributed by atoms with van der Waals surface area (Å²) in [7, 11) is 1.65. The lowest BCUT2D eigenvalue weighted by molar-refractivity contribution is -0.384. The Morgan fingerprint density at radius 1 is 1.05 bits per heavy atom. The predicted octanol–water partition coefficient (Wildman–Crippen LogP) is 4.80. The number of pyridine rings is 1. The van der Waals surface area contributed by atoms with Crippen molar-refractivity contribution in [1.82, 2.24) is 20.0 Å². The summed E-state index contributed by atoms with van der Waals surface area (Å²) in [5.41, 5.74) is 1.92. The van der Waals surface area contributed by atoms with Gasteiger partial charge in [-0.3, -0.25) is 19.9 Å². The van der Waals surface area contributed by atoms with E-state index in [1.807, 2.05) is 0 Å². The van der Waals surface area contributed by atoms with Crippen molar-refractivity contribution >= 4 is 17.8 Å². The summed E-state index contributed by atoms with van der Waals surface area (Å²) in [5.74, 6) is 0.184. The van der Waals surface area contributed by atoms with Gasteiger partial charge in [-0.05, 0) is 49.9 Å². The van der Waals surface area contributed by atoms with Crippen LogP contribution in [0.3, 0.4) is 0 Å². The molecule has 2 aliphatic carbocycles. The van der Waals surface area contributed by atoms with Gasteiger partial charge in [0.2, 0.25) is 5.75 Å². The van der Waals surface area contributed by atoms with E-state index < -0.39 is 11.1 Å². The molecule has 0 aliphatic heterocycles. The fraction of sp³-hybridized carbons (Fsp3) is 0.423. The van der Waals surface area contributed by atoms with Crippen LogP contribution >= 0.6 is 0 Å². The van der Waals surface area contributed by atoms with Gasteiger partial charge in [-0.25, -0.2) is 19.3 Å². The third kappa shape index (κ3) is 6.30. The zero-order chi connectivity index (χ0) is 27.4. The lowest BCUT2D eigenvalue weighted by atomic mass is 9.89. The van der Waals surface area contributed by atoms with Crippen LogP contribution in [0, 0.1) is 16.0 Å². The van der Waals surface area contributed by atoms with Gasteiger partial charge >= 0.3 is 12.1 Å². The molecule has 2 heterocycles. The van der Waals surface area contributed by atoms with Crippen LogP contribution in [0.4, 0.5) is 10.5 Å². The fourth-order valence-electron chi connectivity index (χ4n) is 4.43. The zero-order valence-electron chi connectivity index (χ0n) is 21.3. The van der Waals surface area contributed by atoms with Crippen LogP contribution in [0.25, 0.3) is 11.4 Å². The lowest BCUT2D eigenvalue weighted by Gasteiger charge is -2.19. The number of carbonyl (C=O) groups is 2. The molecule has 0 amide bonds. The van der Waals surface area contributed by atoms with E-state index in [1.54, 1.807) is 19.2 Å². The molecule has 204 valence electrons. The van der Waals surface area contributed by atoms with Crippen molar-refractivity contribution in [3.63, 3.8) is 0 Å². The Kier molecular flexibility index (Phi) is 7.66. The number of nitrogens with zero attached hydrogens (tertiary/aromatic N) is 5. The molecule has 1 aromatic carbocycles. The van der Waals surface area contributed by atoms with Gasteiger partial charge in [0.25, 0.3) is 5.69 Å². The number of hydrogen-bond donors (Lipinski definition) is 0. The highest BCUT2D eigenvalue weighted by Gasteiger charge is 2.31. The highest BCUT2D eigenvalue weighted by molar-refractivity contribution is 5.72. The smallest absolute Gasteiger partial charge is 0.427 e. The summed E-state index contributed by atoms with van der Waals surface area (Å²) in [5, 5.41) is 19.0. The molecule has 2 aliphatic rings. The van der Waals surface area contributed by atoms with Gasteiger partial charge in [0.15, 0.2) is 0 Å². The minimum atomic E-state index is -0.994. The van der Waals surface area contributed by atoms with Crippen LogP contribution in [-0.2, 0) is 28.1 Å². The molecule has 13 nitrogen and oxygen atoms in total. The monoisotopic (exact) mass is 537 g/mol. The Hall–Kier alpha value is -4.55. The fourth-order valence-corrected chi connectivity index (χ4v) is 4.43. The quantitative estimate of drug-likeness (QED) is 0.121. The van der Waals surface area contributed by atoms with E-state index in [0.29, 0.717) is 28.5 Å². The molecule has 0 saturated heterocycles. The highest BCUT2D eigenvalue weighted by Crippen LogP contribution is 2.44. The molecule has 0 unspecified atom stereocenters. The first-order valence-corrected chi connectivity index (χ1v) is 12.8. The van der Waals surface area contributed by atoms with E-state index in [2.05, 4.69) is 10.3 Å². The number of aromatic nitrogens is 4. The van der Waals surface area contributed by atoms with Crippen LogP contribution in [0.5, 0.6) is 11.5 Å². The first-order valence-electron chi connectivity index (χ1n) is 12.8. The first-order chi connectivity index (χ1) is 18.9. The second-order valence-corrected chi connectivity index (χ2v) is 9.57. The third-order valence-electron chi connectivity index (χ3n) is 6.76. The van der Waals surface area contributed by atoms with Gasteiger partial charge in [0, 0.05) is 25.1 Å². The van der Waals surface area contributed by atoms with Crippen LogP contribution in [0.1, 0.15) is 62.3 Å². The van der Waals surface area contributed by atoms with E-state index in [9.17, 15) is 19.7 Å². The number of carbonyl (C=O) groups excluding carboxylic acids is 2. The van der Waals surface area contributed by atoms with Crippen molar-refractivity contribution in [2.24, 2.45) is 13.0 Å². The SMILES string of the molecule is Cn1nnc(-c2ccc(OOC(=O)C3CCCCC3)c(C3CC3)n2)c1COC(=O)Oc1ccc([N+](=O)[O-])cc1. The molecular weight excluding hydrogens is 510 g/mol. The Morgan fingerprint density at radius 3 is 2.49 bits per heavy atom. The molecule has 0 spiro atoms. The van der Waals surface area contributed by atoms with E-state index in [1.165, 1.54) is 28.9 Å². The van der Waals surface area contributed by atoms with E-state index in [0.717, 1.165) is 44.9 Å². The standard InChI is InChI=1S/C26H27N5O8/c1-30-21(15-36-26(33)37-19-11-9-18(10-12-19)31(34)35)24(28-29-30)20-13-14-22(23(27-20)16-7-8-16)38-39-25(32)17-5-3-2-4-6-17/h9-14,16-17H,2-8,15H2,1H3. The summed E-state index contributed by atoms with van der Waals surface area (Å²) >= 11 is 0. The van der Waals surface area contributed by atoms with Crippen molar-refractivity contribution in [3.8, 4) is 22.9 Å². The van der Waals surface area contributed by atoms with Crippen molar-refractivity contribution in [1.29, 1.82) is 0 Å². The molecule has 39 heavy (non-hydrogen) atoms. The van der Waals surface area contributed by atoms with Crippen LogP contribution < -0.4 is 9.62 Å². The number of ether oxygens (including phenoxy) is 2. The van der Waals surface area contributed by atoms with Crippen LogP contribution in [-0.4, -0.2) is 37.0 Å². The normalized spacial score (nSPS) is 15.4. The molecule has 0 bridgehead atoms. The molecule has 0 N–H and O–H groups in total. The molecular formula is C26H27N5O8. The third-order valence-corrected chi connectivity index (χ3v) is 6.76. The van der Waals surface area contributed by atoms with E-state index >= 15 is 0 Å². The van der Waals surface area contributed by atoms with Crippen molar-refractivity contribution in [3.05, 3.63) is 57.9 Å². The summed E-state index contributed by atoms with van der Waals surface area (Å²) in [4.78, 5) is 50.2. The number of benzene rings is 1. The Balaban J connectivity index is 1.25. The molecule has 5 rings (SSSR count). The maximum absolute atomic E-state index is 12.4. The summed E-state index contributed by atoms with van der Waals surface area (Å²) < 4.78 is 11.8. The second kappa shape index (κ2) is 11.5. The summed E-state index contributed by atoms with van der Waals surface area (Å²) in [6.45, 7) is -0.206. The average Bonchev–Trinajstić information content (AvgIpc) is 3.73. The van der Waals surface area contributed by atoms with Crippen molar-refractivity contribution < 1.29 is 33.8 Å². The van der Waals surface area contributed by atoms with Gasteiger partial charge in [0.05, 0.1) is 22.2 Å². The van der Waals surface area contributed by atoms with Gasteiger partial charge in [0.1, 0.15) is 23.7 Å². The number of non-ortho nitro benzene ring substituents is 1. The number of rotatable bonds is 9. The second-order valence-electron chi connectivity index (χ2n) is 9.57. The van der Waals surface area contributed by atoms with Crippen molar-refractivity contribution in [2.45, 2.75) is 57.5 Å². The molecule has 2 aromatic heterocycles. The summed E-state index contributed by atoms with van der Waals surface area (Å²) in [6.07, 6.45) is 5.68. The molecule has 2 fully saturated rings. The van der Waals surface area contributed by atoms with Gasteiger partial charge < -0.3 is 9.47 Å². The van der Waals surface area contributed by atoms with Gasteiger partial charge in [-0.15, -0.1) is 5.10 Å². The molecule has 0 atom stereocenters. The predicted molar refractivity (Wildman–Crippen MR) is 133 cm³/mol. The Morgan fingerprint density at radius 2 is 1.79 bits per heavy atom. The number of hydrogen-bond acceptors (Lipinski definition) is 11. The summed E-state index contributed by atoms with van der Waals surface area (Å²) in [6, 6.07) is 8.41. The van der Waals surface area contributed by atoms with Gasteiger partial charge in [-0.1, -0.05) is 24.5 Å². The Labute approximate surface area is 223 Å². The first kappa shape index (κ1) is 26.1.